The van der Waals surface area contributed by atoms with E-state index in [0.717, 1.165) is 0 Å². The summed E-state index contributed by atoms with van der Waals surface area (Å²) in [5, 5.41) is 0. The van der Waals surface area contributed by atoms with Crippen molar-refractivity contribution in [3.05, 3.63) is 0 Å². The first-order chi connectivity index (χ1) is 5.19. The lowest BCUT2D eigenvalue weighted by molar-refractivity contribution is -0.161. The highest BCUT2D eigenvalue weighted by molar-refractivity contribution is 5.79. The van der Waals surface area contributed by atoms with E-state index in [-0.39, 0.29) is 12.8 Å². The average Bonchev–Trinajstić information content (AvgIpc) is 2.04. The molecule has 0 unspecified atom stereocenters. The Hall–Kier alpha value is -0.640. The highest BCUT2D eigenvalue weighted by Crippen LogP contribution is 2.26. The second-order valence-corrected chi connectivity index (χ2v) is 2.57. The van der Waals surface area contributed by atoms with Crippen LogP contribution in [0.25, 0.3) is 0 Å². The van der Waals surface area contributed by atoms with Crippen molar-refractivity contribution >= 4 is 5.97 Å². The smallest absolute Gasteiger partial charge is 0.343 e. The molecule has 0 amide bonds. The van der Waals surface area contributed by atoms with Gasteiger partial charge in [-0.1, -0.05) is 0 Å². The normalized spacial score (nSPS) is 22.7. The van der Waals surface area contributed by atoms with Crippen LogP contribution >= 0.6 is 0 Å². The molecule has 0 aliphatic carbocycles. The molecule has 0 saturated carbocycles. The number of esters is 1. The van der Waals surface area contributed by atoms with Crippen molar-refractivity contribution in [1.82, 2.24) is 0 Å². The van der Waals surface area contributed by atoms with Crippen molar-refractivity contribution in [3.63, 3.8) is 0 Å². The van der Waals surface area contributed by atoms with Crippen LogP contribution < -0.4 is 0 Å². The molecule has 0 N–H and O–H groups in total. The maximum absolute atomic E-state index is 13.4. The van der Waals surface area contributed by atoms with Crippen LogP contribution in [0, 0.1) is 0 Å². The molecule has 64 valence electrons. The fourth-order valence-electron chi connectivity index (χ4n) is 1.08. The first kappa shape index (κ1) is 8.46. The fraction of sp³-hybridized carbons (Fsp3) is 0.857. The Kier molecular flexibility index (Phi) is 2.44. The molecule has 0 spiro atoms. The van der Waals surface area contributed by atoms with Crippen molar-refractivity contribution in [3.8, 4) is 0 Å². The van der Waals surface area contributed by atoms with Crippen LogP contribution in [-0.4, -0.2) is 32.0 Å². The van der Waals surface area contributed by atoms with Gasteiger partial charge in [0.2, 0.25) is 5.67 Å². The Morgan fingerprint density at radius 2 is 2.09 bits per heavy atom. The number of halogens is 1. The van der Waals surface area contributed by atoms with Crippen LogP contribution in [0.1, 0.15) is 12.8 Å². The molecule has 4 heteroatoms. The predicted octanol–water partition coefficient (Wildman–Crippen LogP) is 0.678. The second-order valence-electron chi connectivity index (χ2n) is 2.57. The number of hydrogen-bond acceptors (Lipinski definition) is 3. The van der Waals surface area contributed by atoms with Crippen LogP contribution in [0.15, 0.2) is 0 Å². The highest BCUT2D eigenvalue weighted by Gasteiger charge is 2.41. The molecule has 1 fully saturated rings. The van der Waals surface area contributed by atoms with Gasteiger partial charge in [0.1, 0.15) is 0 Å². The first-order valence-electron chi connectivity index (χ1n) is 3.54. The third kappa shape index (κ3) is 1.68. The predicted molar refractivity (Wildman–Crippen MR) is 35.9 cm³/mol. The number of rotatable bonds is 1. The molecule has 1 aliphatic rings. The summed E-state index contributed by atoms with van der Waals surface area (Å²) < 4.78 is 22.6. The van der Waals surface area contributed by atoms with E-state index in [4.69, 9.17) is 4.74 Å². The van der Waals surface area contributed by atoms with Gasteiger partial charge in [0.15, 0.2) is 0 Å². The van der Waals surface area contributed by atoms with Crippen molar-refractivity contribution < 1.29 is 18.7 Å². The molecule has 0 aromatic rings. The van der Waals surface area contributed by atoms with Gasteiger partial charge in [-0.05, 0) is 0 Å². The number of hydrogen-bond donors (Lipinski definition) is 0. The Bertz CT molecular complexity index is 152. The number of carbonyl (C=O) groups is 1. The summed E-state index contributed by atoms with van der Waals surface area (Å²) in [7, 11) is 1.19. The fourth-order valence-corrected chi connectivity index (χ4v) is 1.08. The summed E-state index contributed by atoms with van der Waals surface area (Å²) in [5.41, 5.74) is -1.80. The van der Waals surface area contributed by atoms with Crippen LogP contribution in [0.5, 0.6) is 0 Å². The van der Waals surface area contributed by atoms with E-state index in [1.165, 1.54) is 7.11 Å². The number of ether oxygens (including phenoxy) is 2. The third-order valence-corrected chi connectivity index (χ3v) is 1.84. The van der Waals surface area contributed by atoms with E-state index < -0.39 is 11.6 Å². The van der Waals surface area contributed by atoms with E-state index >= 15 is 0 Å². The van der Waals surface area contributed by atoms with Crippen LogP contribution in [0.2, 0.25) is 0 Å². The number of methoxy groups -OCH3 is 1. The lowest BCUT2D eigenvalue weighted by atomic mass is 9.97. The van der Waals surface area contributed by atoms with Crippen LogP contribution in [-0.2, 0) is 14.3 Å². The largest absolute Gasteiger partial charge is 0.467 e. The summed E-state index contributed by atoms with van der Waals surface area (Å²) in [6.07, 6.45) is 0.222. The summed E-state index contributed by atoms with van der Waals surface area (Å²) in [5.74, 6) is -0.777. The van der Waals surface area contributed by atoms with Crippen LogP contribution in [0.3, 0.4) is 0 Å². The molecule has 1 rings (SSSR count). The van der Waals surface area contributed by atoms with Crippen molar-refractivity contribution in [1.29, 1.82) is 0 Å². The van der Waals surface area contributed by atoms with E-state index in [1.807, 2.05) is 0 Å². The minimum absolute atomic E-state index is 0.111. The van der Waals surface area contributed by atoms with Gasteiger partial charge in [0, 0.05) is 12.8 Å². The minimum atomic E-state index is -1.80. The van der Waals surface area contributed by atoms with E-state index in [0.29, 0.717) is 13.2 Å². The Labute approximate surface area is 64.5 Å². The molecule has 1 aliphatic heterocycles. The zero-order chi connectivity index (χ0) is 8.32. The van der Waals surface area contributed by atoms with Crippen LogP contribution in [0.4, 0.5) is 4.39 Å². The summed E-state index contributed by atoms with van der Waals surface area (Å²) in [4.78, 5) is 10.8. The van der Waals surface area contributed by atoms with Gasteiger partial charge in [0.25, 0.3) is 0 Å². The van der Waals surface area contributed by atoms with Gasteiger partial charge in [-0.2, -0.15) is 0 Å². The Morgan fingerprint density at radius 3 is 2.55 bits per heavy atom. The van der Waals surface area contributed by atoms with Crippen molar-refractivity contribution in [2.45, 2.75) is 18.5 Å². The molecule has 0 aromatic carbocycles. The second kappa shape index (κ2) is 3.17. The molecule has 0 aromatic heterocycles. The lowest BCUT2D eigenvalue weighted by Crippen LogP contribution is -2.40. The zero-order valence-electron chi connectivity index (χ0n) is 6.43. The lowest BCUT2D eigenvalue weighted by Gasteiger charge is -2.26. The van der Waals surface area contributed by atoms with Gasteiger partial charge in [-0.25, -0.2) is 9.18 Å². The van der Waals surface area contributed by atoms with Crippen molar-refractivity contribution in [2.75, 3.05) is 20.3 Å². The molecule has 1 heterocycles. The Balaban J connectivity index is 2.56. The quantitative estimate of drug-likeness (QED) is 0.532. The molecule has 0 bridgehead atoms. The molecule has 1 saturated heterocycles. The van der Waals surface area contributed by atoms with Gasteiger partial charge in [-0.15, -0.1) is 0 Å². The topological polar surface area (TPSA) is 35.5 Å². The summed E-state index contributed by atoms with van der Waals surface area (Å²) in [6.45, 7) is 0.594. The number of alkyl halides is 1. The van der Waals surface area contributed by atoms with Gasteiger partial charge < -0.3 is 9.47 Å². The molecule has 3 nitrogen and oxygen atoms in total. The van der Waals surface area contributed by atoms with Gasteiger partial charge in [-0.3, -0.25) is 0 Å². The summed E-state index contributed by atoms with van der Waals surface area (Å²) >= 11 is 0. The maximum Gasteiger partial charge on any atom is 0.343 e. The summed E-state index contributed by atoms with van der Waals surface area (Å²) in [6, 6.07) is 0. The SMILES string of the molecule is COC(=O)C1(F)CCOCC1. The molecular weight excluding hydrogens is 151 g/mol. The van der Waals surface area contributed by atoms with Gasteiger partial charge >= 0.3 is 5.97 Å². The number of carbonyl (C=O) groups excluding carboxylic acids is 1. The minimum Gasteiger partial charge on any atom is -0.467 e. The highest BCUT2D eigenvalue weighted by atomic mass is 19.1. The standard InChI is InChI=1S/C7H11FO3/c1-10-6(9)7(8)2-4-11-5-3-7/h2-5H2,1H3. The molecule has 11 heavy (non-hydrogen) atoms. The van der Waals surface area contributed by atoms with Crippen molar-refractivity contribution in [2.24, 2.45) is 0 Å². The van der Waals surface area contributed by atoms with E-state index in [2.05, 4.69) is 4.74 Å². The maximum atomic E-state index is 13.4. The molecular formula is C7H11FO3. The molecule has 0 atom stereocenters. The van der Waals surface area contributed by atoms with Gasteiger partial charge in [0.05, 0.1) is 20.3 Å². The average molecular weight is 162 g/mol. The first-order valence-corrected chi connectivity index (χ1v) is 3.54. The Morgan fingerprint density at radius 1 is 1.55 bits per heavy atom. The van der Waals surface area contributed by atoms with E-state index in [1.54, 1.807) is 0 Å². The zero-order valence-corrected chi connectivity index (χ0v) is 6.43. The van der Waals surface area contributed by atoms with E-state index in [9.17, 15) is 9.18 Å². The monoisotopic (exact) mass is 162 g/mol. The third-order valence-electron chi connectivity index (χ3n) is 1.84. The molecule has 0 radical (unpaired) electrons.